The number of carbonyl (C=O) groups is 1. The molecule has 2 aliphatic rings. The van der Waals surface area contributed by atoms with Crippen molar-refractivity contribution < 1.29 is 9.53 Å². The SMILES string of the molecule is Cc1ccc(C2CCOCC2)c(NC(=O)N2CCCC2c2ccccc2)c1. The van der Waals surface area contributed by atoms with Crippen LogP contribution in [0.3, 0.4) is 0 Å². The monoisotopic (exact) mass is 364 g/mol. The van der Waals surface area contributed by atoms with E-state index in [4.69, 9.17) is 4.74 Å². The molecule has 4 rings (SSSR count). The number of likely N-dealkylation sites (tertiary alicyclic amines) is 1. The molecule has 0 spiro atoms. The van der Waals surface area contributed by atoms with Gasteiger partial charge >= 0.3 is 6.03 Å². The molecule has 0 aromatic heterocycles. The predicted octanol–water partition coefficient (Wildman–Crippen LogP) is 5.26. The molecule has 1 N–H and O–H groups in total. The van der Waals surface area contributed by atoms with E-state index in [2.05, 4.69) is 42.6 Å². The van der Waals surface area contributed by atoms with Gasteiger partial charge in [0.1, 0.15) is 0 Å². The summed E-state index contributed by atoms with van der Waals surface area (Å²) in [6.07, 6.45) is 4.11. The van der Waals surface area contributed by atoms with Crippen molar-refractivity contribution in [3.63, 3.8) is 0 Å². The molecule has 2 aliphatic heterocycles. The predicted molar refractivity (Wildman–Crippen MR) is 108 cm³/mol. The molecular formula is C23H28N2O2. The minimum atomic E-state index is 0.0141. The largest absolute Gasteiger partial charge is 0.381 e. The molecule has 4 nitrogen and oxygen atoms in total. The quantitative estimate of drug-likeness (QED) is 0.807. The van der Waals surface area contributed by atoms with Gasteiger partial charge in [-0.2, -0.15) is 0 Å². The van der Waals surface area contributed by atoms with Gasteiger partial charge in [0.2, 0.25) is 0 Å². The molecule has 142 valence electrons. The van der Waals surface area contributed by atoms with Crippen molar-refractivity contribution in [1.29, 1.82) is 0 Å². The van der Waals surface area contributed by atoms with Crippen molar-refractivity contribution in [3.8, 4) is 0 Å². The third-order valence-electron chi connectivity index (χ3n) is 5.81. The summed E-state index contributed by atoms with van der Waals surface area (Å²) < 4.78 is 5.51. The number of hydrogen-bond donors (Lipinski definition) is 1. The molecule has 0 bridgehead atoms. The van der Waals surface area contributed by atoms with Gasteiger partial charge in [-0.3, -0.25) is 0 Å². The van der Waals surface area contributed by atoms with E-state index in [1.165, 1.54) is 16.7 Å². The second-order valence-corrected chi connectivity index (χ2v) is 7.67. The van der Waals surface area contributed by atoms with E-state index in [1.807, 2.05) is 23.1 Å². The fourth-order valence-corrected chi connectivity index (χ4v) is 4.36. The van der Waals surface area contributed by atoms with Crippen LogP contribution in [0.15, 0.2) is 48.5 Å². The Labute approximate surface area is 161 Å². The maximum Gasteiger partial charge on any atom is 0.322 e. The Balaban J connectivity index is 1.54. The minimum Gasteiger partial charge on any atom is -0.381 e. The fourth-order valence-electron chi connectivity index (χ4n) is 4.36. The van der Waals surface area contributed by atoms with Gasteiger partial charge in [0.25, 0.3) is 0 Å². The topological polar surface area (TPSA) is 41.6 Å². The molecule has 0 aliphatic carbocycles. The first-order chi connectivity index (χ1) is 13.2. The molecule has 2 aromatic rings. The van der Waals surface area contributed by atoms with Crippen molar-refractivity contribution in [2.45, 2.75) is 44.6 Å². The van der Waals surface area contributed by atoms with Crippen LogP contribution in [0, 0.1) is 6.92 Å². The molecule has 2 amide bonds. The van der Waals surface area contributed by atoms with Gasteiger partial charge in [-0.25, -0.2) is 4.79 Å². The summed E-state index contributed by atoms with van der Waals surface area (Å²) in [5, 5.41) is 3.24. The molecule has 2 saturated heterocycles. The Bertz CT molecular complexity index is 784. The van der Waals surface area contributed by atoms with Crippen molar-refractivity contribution in [2.75, 3.05) is 25.1 Å². The number of nitrogens with zero attached hydrogens (tertiary/aromatic N) is 1. The smallest absolute Gasteiger partial charge is 0.322 e. The Hall–Kier alpha value is -2.33. The third kappa shape index (κ3) is 4.01. The van der Waals surface area contributed by atoms with E-state index in [-0.39, 0.29) is 12.1 Å². The first-order valence-electron chi connectivity index (χ1n) is 10.0. The highest BCUT2D eigenvalue weighted by Crippen LogP contribution is 2.35. The van der Waals surface area contributed by atoms with Crippen LogP contribution in [-0.4, -0.2) is 30.7 Å². The van der Waals surface area contributed by atoms with Gasteiger partial charge in [0, 0.05) is 25.4 Å². The molecule has 2 heterocycles. The average molecular weight is 364 g/mol. The highest BCUT2D eigenvalue weighted by atomic mass is 16.5. The molecule has 0 radical (unpaired) electrons. The highest BCUT2D eigenvalue weighted by Gasteiger charge is 2.30. The first-order valence-corrected chi connectivity index (χ1v) is 10.0. The number of amides is 2. The first kappa shape index (κ1) is 18.1. The molecule has 4 heteroatoms. The van der Waals surface area contributed by atoms with Crippen LogP contribution in [0.4, 0.5) is 10.5 Å². The van der Waals surface area contributed by atoms with E-state index in [0.29, 0.717) is 5.92 Å². The van der Waals surface area contributed by atoms with Gasteiger partial charge < -0.3 is 15.0 Å². The standard InChI is InChI=1S/C23H28N2O2/c1-17-9-10-20(18-11-14-27-15-12-18)21(16-17)24-23(26)25-13-5-8-22(25)19-6-3-2-4-7-19/h2-4,6-7,9-10,16,18,22H,5,8,11-15H2,1H3,(H,24,26). The lowest BCUT2D eigenvalue weighted by Gasteiger charge is -2.28. The van der Waals surface area contributed by atoms with Crippen LogP contribution in [-0.2, 0) is 4.74 Å². The van der Waals surface area contributed by atoms with Crippen molar-refractivity contribution >= 4 is 11.7 Å². The summed E-state index contributed by atoms with van der Waals surface area (Å²) in [6, 6.07) is 17.0. The van der Waals surface area contributed by atoms with Gasteiger partial charge in [-0.1, -0.05) is 42.5 Å². The van der Waals surface area contributed by atoms with Crippen molar-refractivity contribution in [2.24, 2.45) is 0 Å². The second-order valence-electron chi connectivity index (χ2n) is 7.67. The Morgan fingerprint density at radius 3 is 2.63 bits per heavy atom. The molecule has 2 aromatic carbocycles. The van der Waals surface area contributed by atoms with Gasteiger partial charge in [-0.05, 0) is 61.3 Å². The number of rotatable bonds is 3. The lowest BCUT2D eigenvalue weighted by atomic mass is 9.90. The number of ether oxygens (including phenoxy) is 1. The molecule has 0 saturated carbocycles. The summed E-state index contributed by atoms with van der Waals surface area (Å²) in [7, 11) is 0. The highest BCUT2D eigenvalue weighted by molar-refractivity contribution is 5.91. The number of urea groups is 1. The lowest BCUT2D eigenvalue weighted by molar-refractivity contribution is 0.0854. The van der Waals surface area contributed by atoms with Crippen LogP contribution in [0.1, 0.15) is 54.3 Å². The summed E-state index contributed by atoms with van der Waals surface area (Å²) in [6.45, 7) is 4.48. The summed E-state index contributed by atoms with van der Waals surface area (Å²) in [5.41, 5.74) is 4.60. The lowest BCUT2D eigenvalue weighted by Crippen LogP contribution is -2.34. The minimum absolute atomic E-state index is 0.0141. The number of anilines is 1. The fraction of sp³-hybridized carbons (Fsp3) is 0.435. The van der Waals surface area contributed by atoms with E-state index < -0.39 is 0 Å². The zero-order chi connectivity index (χ0) is 18.6. The Morgan fingerprint density at radius 2 is 1.85 bits per heavy atom. The molecular weight excluding hydrogens is 336 g/mol. The third-order valence-corrected chi connectivity index (χ3v) is 5.81. The van der Waals surface area contributed by atoms with Crippen LogP contribution in [0.25, 0.3) is 0 Å². The maximum atomic E-state index is 13.1. The molecule has 2 fully saturated rings. The van der Waals surface area contributed by atoms with E-state index in [0.717, 1.165) is 51.1 Å². The summed E-state index contributed by atoms with van der Waals surface area (Å²) in [4.78, 5) is 15.1. The van der Waals surface area contributed by atoms with Crippen LogP contribution in [0.5, 0.6) is 0 Å². The molecule has 1 unspecified atom stereocenters. The van der Waals surface area contributed by atoms with E-state index in [9.17, 15) is 4.79 Å². The molecule has 27 heavy (non-hydrogen) atoms. The van der Waals surface area contributed by atoms with Crippen molar-refractivity contribution in [3.05, 3.63) is 65.2 Å². The molecule has 1 atom stereocenters. The number of hydrogen-bond acceptors (Lipinski definition) is 2. The van der Waals surface area contributed by atoms with Crippen molar-refractivity contribution in [1.82, 2.24) is 4.90 Å². The average Bonchev–Trinajstić information content (AvgIpc) is 3.19. The second kappa shape index (κ2) is 8.13. The van der Waals surface area contributed by atoms with Gasteiger partial charge in [-0.15, -0.1) is 0 Å². The Kier molecular flexibility index (Phi) is 5.44. The van der Waals surface area contributed by atoms with Crippen LogP contribution < -0.4 is 5.32 Å². The zero-order valence-corrected chi connectivity index (χ0v) is 16.0. The normalized spacial score (nSPS) is 20.6. The summed E-state index contributed by atoms with van der Waals surface area (Å²) >= 11 is 0. The number of benzene rings is 2. The van der Waals surface area contributed by atoms with Crippen LogP contribution >= 0.6 is 0 Å². The van der Waals surface area contributed by atoms with E-state index >= 15 is 0 Å². The van der Waals surface area contributed by atoms with Crippen LogP contribution in [0.2, 0.25) is 0 Å². The Morgan fingerprint density at radius 1 is 1.07 bits per heavy atom. The number of nitrogens with one attached hydrogen (secondary N) is 1. The number of aryl methyl sites for hydroxylation is 1. The van der Waals surface area contributed by atoms with E-state index in [1.54, 1.807) is 0 Å². The number of carbonyl (C=O) groups excluding carboxylic acids is 1. The maximum absolute atomic E-state index is 13.1. The van der Waals surface area contributed by atoms with Gasteiger partial charge in [0.15, 0.2) is 0 Å². The van der Waals surface area contributed by atoms with Gasteiger partial charge in [0.05, 0.1) is 6.04 Å². The summed E-state index contributed by atoms with van der Waals surface area (Å²) in [5.74, 6) is 0.457. The zero-order valence-electron chi connectivity index (χ0n) is 16.0.